The smallest absolute Gasteiger partial charge is 0.248 e. The van der Waals surface area contributed by atoms with Crippen molar-refractivity contribution in [3.63, 3.8) is 0 Å². The molecule has 0 radical (unpaired) electrons. The molecule has 0 saturated heterocycles. The van der Waals surface area contributed by atoms with Gasteiger partial charge < -0.3 is 15.2 Å². The molecule has 1 aliphatic heterocycles. The number of aryl methyl sites for hydroxylation is 1. The fourth-order valence-corrected chi connectivity index (χ4v) is 1.06. The van der Waals surface area contributed by atoms with Crippen molar-refractivity contribution in [2.45, 2.75) is 6.92 Å². The van der Waals surface area contributed by atoms with Gasteiger partial charge in [0.05, 0.1) is 0 Å². The van der Waals surface area contributed by atoms with E-state index >= 15 is 0 Å². The van der Waals surface area contributed by atoms with Gasteiger partial charge >= 0.3 is 0 Å². The summed E-state index contributed by atoms with van der Waals surface area (Å²) in [6, 6.07) is 0. The van der Waals surface area contributed by atoms with Crippen molar-refractivity contribution in [1.82, 2.24) is 5.16 Å². The minimum Gasteiger partial charge on any atom is -0.377 e. The number of fused-ring (bicyclic) bond motifs is 1. The van der Waals surface area contributed by atoms with Crippen LogP contribution in [-0.2, 0) is 0 Å². The van der Waals surface area contributed by atoms with Crippen LogP contribution in [0.15, 0.2) is 4.52 Å². The molecule has 0 atom stereocenters. The second-order valence-corrected chi connectivity index (χ2v) is 2.33. The van der Waals surface area contributed by atoms with Gasteiger partial charge in [-0.15, -0.1) is 0 Å². The molecule has 0 aromatic carbocycles. The number of rotatable bonds is 0. The van der Waals surface area contributed by atoms with E-state index in [-0.39, 0.29) is 0 Å². The van der Waals surface area contributed by atoms with Crippen LogP contribution in [0.1, 0.15) is 5.69 Å². The van der Waals surface area contributed by atoms with Crippen LogP contribution >= 0.6 is 0 Å². The largest absolute Gasteiger partial charge is 0.377 e. The second kappa shape index (κ2) is 1.90. The van der Waals surface area contributed by atoms with Crippen molar-refractivity contribution in [2.24, 2.45) is 0 Å². The highest BCUT2D eigenvalue weighted by Crippen LogP contribution is 2.26. The topological polar surface area (TPSA) is 50.1 Å². The summed E-state index contributed by atoms with van der Waals surface area (Å²) in [5, 5.41) is 10.1. The van der Waals surface area contributed by atoms with E-state index in [0.29, 0.717) is 0 Å². The summed E-state index contributed by atoms with van der Waals surface area (Å²) in [4.78, 5) is 0. The molecule has 1 aliphatic rings. The molecule has 0 bridgehead atoms. The molecule has 2 heterocycles. The van der Waals surface area contributed by atoms with Crippen molar-refractivity contribution < 1.29 is 4.52 Å². The maximum absolute atomic E-state index is 4.96. The molecule has 0 aliphatic carbocycles. The second-order valence-electron chi connectivity index (χ2n) is 2.33. The zero-order chi connectivity index (χ0) is 6.97. The Labute approximate surface area is 58.6 Å². The minimum absolute atomic E-state index is 0.767. The summed E-state index contributed by atoms with van der Waals surface area (Å²) in [6.07, 6.45) is 0. The lowest BCUT2D eigenvalue weighted by atomic mass is 10.3. The van der Waals surface area contributed by atoms with E-state index in [1.54, 1.807) is 0 Å². The minimum atomic E-state index is 0.767. The van der Waals surface area contributed by atoms with E-state index < -0.39 is 0 Å². The molecular formula is C6H9N3O. The SMILES string of the molecule is Cc1noc2c1NCCN2. The van der Waals surface area contributed by atoms with Gasteiger partial charge in [0.2, 0.25) is 5.88 Å². The zero-order valence-electron chi connectivity index (χ0n) is 5.77. The van der Waals surface area contributed by atoms with Crippen molar-refractivity contribution in [2.75, 3.05) is 23.7 Å². The summed E-state index contributed by atoms with van der Waals surface area (Å²) in [5.41, 5.74) is 1.92. The summed E-state index contributed by atoms with van der Waals surface area (Å²) in [7, 11) is 0. The number of hydrogen-bond donors (Lipinski definition) is 2. The Hall–Kier alpha value is -1.19. The molecule has 2 rings (SSSR count). The Morgan fingerprint density at radius 2 is 2.20 bits per heavy atom. The first-order valence-electron chi connectivity index (χ1n) is 3.32. The maximum Gasteiger partial charge on any atom is 0.248 e. The Kier molecular flexibility index (Phi) is 1.06. The van der Waals surface area contributed by atoms with Gasteiger partial charge in [0.25, 0.3) is 0 Å². The van der Waals surface area contributed by atoms with E-state index in [1.807, 2.05) is 6.92 Å². The summed E-state index contributed by atoms with van der Waals surface area (Å²) in [6.45, 7) is 3.76. The van der Waals surface area contributed by atoms with E-state index in [0.717, 1.165) is 30.4 Å². The van der Waals surface area contributed by atoms with Gasteiger partial charge in [-0.05, 0) is 6.92 Å². The quantitative estimate of drug-likeness (QED) is 0.558. The monoisotopic (exact) mass is 139 g/mol. The lowest BCUT2D eigenvalue weighted by Crippen LogP contribution is -2.19. The van der Waals surface area contributed by atoms with Crippen LogP contribution in [0.25, 0.3) is 0 Å². The molecule has 0 saturated carbocycles. The molecule has 54 valence electrons. The molecule has 0 amide bonds. The molecule has 4 nitrogen and oxygen atoms in total. The molecule has 2 N–H and O–H groups in total. The van der Waals surface area contributed by atoms with Crippen LogP contribution in [0.3, 0.4) is 0 Å². The third-order valence-electron chi connectivity index (χ3n) is 1.58. The summed E-state index contributed by atoms with van der Waals surface area (Å²) >= 11 is 0. The third-order valence-corrected chi connectivity index (χ3v) is 1.58. The van der Waals surface area contributed by atoms with E-state index in [4.69, 9.17) is 4.52 Å². The first-order valence-corrected chi connectivity index (χ1v) is 3.32. The Bertz CT molecular complexity index is 243. The number of anilines is 2. The Morgan fingerprint density at radius 3 is 3.00 bits per heavy atom. The Balaban J connectivity index is 2.45. The van der Waals surface area contributed by atoms with E-state index in [2.05, 4.69) is 15.8 Å². The lowest BCUT2D eigenvalue weighted by molar-refractivity contribution is 0.427. The molecule has 0 spiro atoms. The predicted octanol–water partition coefficient (Wildman–Crippen LogP) is 0.820. The highest BCUT2D eigenvalue weighted by molar-refractivity contribution is 5.66. The number of nitrogens with one attached hydrogen (secondary N) is 2. The van der Waals surface area contributed by atoms with E-state index in [9.17, 15) is 0 Å². The number of hydrogen-bond acceptors (Lipinski definition) is 4. The van der Waals surface area contributed by atoms with Gasteiger partial charge in [-0.3, -0.25) is 0 Å². The summed E-state index contributed by atoms with van der Waals surface area (Å²) in [5.74, 6) is 0.767. The lowest BCUT2D eigenvalue weighted by Gasteiger charge is -2.12. The fraction of sp³-hybridized carbons (Fsp3) is 0.500. The van der Waals surface area contributed by atoms with Crippen LogP contribution in [0.4, 0.5) is 11.6 Å². The molecule has 1 aromatic heterocycles. The van der Waals surface area contributed by atoms with Crippen molar-refractivity contribution in [3.8, 4) is 0 Å². The first-order chi connectivity index (χ1) is 4.88. The van der Waals surface area contributed by atoms with Crippen LogP contribution in [0.5, 0.6) is 0 Å². The third kappa shape index (κ3) is 0.650. The van der Waals surface area contributed by atoms with Gasteiger partial charge in [-0.1, -0.05) is 5.16 Å². The van der Waals surface area contributed by atoms with Crippen molar-refractivity contribution >= 4 is 11.6 Å². The standard InChI is InChI=1S/C6H9N3O/c1-4-5-6(10-9-4)8-3-2-7-5/h7-8H,2-3H2,1H3. The molecule has 4 heteroatoms. The van der Waals surface area contributed by atoms with Crippen LogP contribution in [0, 0.1) is 6.92 Å². The van der Waals surface area contributed by atoms with Crippen molar-refractivity contribution in [3.05, 3.63) is 5.69 Å². The fourth-order valence-electron chi connectivity index (χ4n) is 1.06. The average molecular weight is 139 g/mol. The molecular weight excluding hydrogens is 130 g/mol. The van der Waals surface area contributed by atoms with Gasteiger partial charge in [-0.2, -0.15) is 0 Å². The maximum atomic E-state index is 4.96. The van der Waals surface area contributed by atoms with Gasteiger partial charge in [0.1, 0.15) is 11.4 Å². The van der Waals surface area contributed by atoms with Crippen LogP contribution in [0.2, 0.25) is 0 Å². The molecule has 0 unspecified atom stereocenters. The van der Waals surface area contributed by atoms with Gasteiger partial charge in [-0.25, -0.2) is 0 Å². The number of aromatic nitrogens is 1. The average Bonchev–Trinajstić information content (AvgIpc) is 2.34. The molecule has 1 aromatic rings. The first kappa shape index (κ1) is 5.58. The Morgan fingerprint density at radius 1 is 1.40 bits per heavy atom. The summed E-state index contributed by atoms with van der Waals surface area (Å²) < 4.78 is 4.96. The van der Waals surface area contributed by atoms with E-state index in [1.165, 1.54) is 0 Å². The van der Waals surface area contributed by atoms with Crippen molar-refractivity contribution in [1.29, 1.82) is 0 Å². The number of nitrogens with zero attached hydrogens (tertiary/aromatic N) is 1. The zero-order valence-corrected chi connectivity index (χ0v) is 5.77. The van der Waals surface area contributed by atoms with Crippen LogP contribution < -0.4 is 10.6 Å². The highest BCUT2D eigenvalue weighted by Gasteiger charge is 2.14. The highest BCUT2D eigenvalue weighted by atomic mass is 16.5. The van der Waals surface area contributed by atoms with Crippen LogP contribution in [-0.4, -0.2) is 18.2 Å². The predicted molar refractivity (Wildman–Crippen MR) is 38.2 cm³/mol. The normalized spacial score (nSPS) is 15.3. The van der Waals surface area contributed by atoms with Gasteiger partial charge in [0.15, 0.2) is 0 Å². The molecule has 10 heavy (non-hydrogen) atoms. The molecule has 0 fully saturated rings. The van der Waals surface area contributed by atoms with Gasteiger partial charge in [0, 0.05) is 13.1 Å².